The van der Waals surface area contributed by atoms with E-state index in [2.05, 4.69) is 10.1 Å². The van der Waals surface area contributed by atoms with Crippen molar-refractivity contribution in [2.75, 3.05) is 5.32 Å². The number of nitrogens with one attached hydrogen (secondary N) is 1. The van der Waals surface area contributed by atoms with Crippen LogP contribution in [-0.2, 0) is 6.54 Å². The molecular formula is C20H15F3N2O3. The van der Waals surface area contributed by atoms with Gasteiger partial charge in [0.05, 0.1) is 18.4 Å². The van der Waals surface area contributed by atoms with E-state index in [1.165, 1.54) is 29.4 Å². The van der Waals surface area contributed by atoms with Crippen LogP contribution in [0.3, 0.4) is 0 Å². The zero-order valence-electron chi connectivity index (χ0n) is 14.4. The molecule has 0 saturated carbocycles. The predicted molar refractivity (Wildman–Crippen MR) is 94.5 cm³/mol. The number of carbonyl (C=O) groups excluding carboxylic acids is 1. The Kier molecular flexibility index (Phi) is 4.46. The number of halogens is 3. The van der Waals surface area contributed by atoms with Gasteiger partial charge >= 0.3 is 6.36 Å². The van der Waals surface area contributed by atoms with Crippen LogP contribution in [0.2, 0.25) is 0 Å². The van der Waals surface area contributed by atoms with Crippen LogP contribution >= 0.6 is 0 Å². The maximum Gasteiger partial charge on any atom is 0.573 e. The molecule has 144 valence electrons. The second kappa shape index (κ2) is 6.95. The highest BCUT2D eigenvalue weighted by Gasteiger charge is 2.37. The number of anilines is 1. The molecule has 0 radical (unpaired) electrons. The van der Waals surface area contributed by atoms with E-state index in [0.29, 0.717) is 17.0 Å². The van der Waals surface area contributed by atoms with E-state index in [1.54, 1.807) is 42.5 Å². The molecule has 0 bridgehead atoms. The summed E-state index contributed by atoms with van der Waals surface area (Å²) in [5.74, 6) is -0.185. The smallest absolute Gasteiger partial charge is 0.467 e. The van der Waals surface area contributed by atoms with E-state index in [0.717, 1.165) is 0 Å². The van der Waals surface area contributed by atoms with Crippen molar-refractivity contribution in [2.24, 2.45) is 0 Å². The van der Waals surface area contributed by atoms with Crippen molar-refractivity contribution in [3.8, 4) is 5.75 Å². The van der Waals surface area contributed by atoms with Gasteiger partial charge in [0.1, 0.15) is 17.7 Å². The van der Waals surface area contributed by atoms with Gasteiger partial charge in [0.25, 0.3) is 5.91 Å². The Hall–Kier alpha value is -3.42. The average molecular weight is 388 g/mol. The number of amides is 1. The summed E-state index contributed by atoms with van der Waals surface area (Å²) in [6, 6.07) is 16.0. The van der Waals surface area contributed by atoms with Crippen molar-refractivity contribution in [1.82, 2.24) is 4.90 Å². The Morgan fingerprint density at radius 3 is 2.54 bits per heavy atom. The van der Waals surface area contributed by atoms with Crippen LogP contribution in [0.5, 0.6) is 5.75 Å². The first kappa shape index (κ1) is 18.0. The van der Waals surface area contributed by atoms with Crippen LogP contribution in [0.15, 0.2) is 71.3 Å². The molecule has 2 aromatic carbocycles. The molecule has 0 fully saturated rings. The van der Waals surface area contributed by atoms with Gasteiger partial charge < -0.3 is 19.4 Å². The minimum absolute atomic E-state index is 0.0815. The van der Waals surface area contributed by atoms with Gasteiger partial charge in [-0.05, 0) is 30.3 Å². The fourth-order valence-electron chi connectivity index (χ4n) is 3.20. The third-order valence-corrected chi connectivity index (χ3v) is 4.37. The number of hydrogen-bond acceptors (Lipinski definition) is 4. The number of fused-ring (bicyclic) bond motifs is 1. The summed E-state index contributed by atoms with van der Waals surface area (Å²) >= 11 is 0. The average Bonchev–Trinajstić information content (AvgIpc) is 3.16. The van der Waals surface area contributed by atoms with Crippen LogP contribution in [0.25, 0.3) is 0 Å². The number of nitrogens with zero attached hydrogens (tertiary/aromatic N) is 1. The molecule has 1 amide bonds. The van der Waals surface area contributed by atoms with Crippen LogP contribution < -0.4 is 10.1 Å². The monoisotopic (exact) mass is 388 g/mol. The Morgan fingerprint density at radius 2 is 1.79 bits per heavy atom. The van der Waals surface area contributed by atoms with E-state index in [4.69, 9.17) is 4.42 Å². The lowest BCUT2D eigenvalue weighted by Crippen LogP contribution is -2.42. The van der Waals surface area contributed by atoms with E-state index in [-0.39, 0.29) is 23.8 Å². The summed E-state index contributed by atoms with van der Waals surface area (Å²) in [5, 5.41) is 3.15. The predicted octanol–water partition coefficient (Wildman–Crippen LogP) is 4.94. The maximum absolute atomic E-state index is 13.1. The number of furan rings is 1. The number of benzene rings is 2. The fraction of sp³-hybridized carbons (Fsp3) is 0.150. The standard InChI is InChI=1S/C20H15F3N2O3/c21-20(22,23)28-17-10-4-2-8-15(17)18-24-16-9-3-1-7-14(16)19(26)25(18)12-13-6-5-11-27-13/h1-11,18,24H,12H2. The highest BCUT2D eigenvalue weighted by atomic mass is 19.4. The Morgan fingerprint density at radius 1 is 1.04 bits per heavy atom. The molecular weight excluding hydrogens is 373 g/mol. The zero-order valence-corrected chi connectivity index (χ0v) is 14.4. The van der Waals surface area contributed by atoms with Gasteiger partial charge in [0.2, 0.25) is 0 Å². The summed E-state index contributed by atoms with van der Waals surface area (Å²) in [5.41, 5.74) is 1.16. The van der Waals surface area contributed by atoms with Gasteiger partial charge in [-0.1, -0.05) is 30.3 Å². The number of rotatable bonds is 4. The first-order valence-electron chi connectivity index (χ1n) is 8.46. The lowest BCUT2D eigenvalue weighted by molar-refractivity contribution is -0.275. The summed E-state index contributed by atoms with van der Waals surface area (Å²) in [4.78, 5) is 14.5. The molecule has 1 atom stereocenters. The van der Waals surface area contributed by atoms with E-state index < -0.39 is 12.5 Å². The highest BCUT2D eigenvalue weighted by Crippen LogP contribution is 2.39. The number of alkyl halides is 3. The highest BCUT2D eigenvalue weighted by molar-refractivity contribution is 6.01. The molecule has 0 aliphatic carbocycles. The molecule has 1 aliphatic rings. The van der Waals surface area contributed by atoms with Crippen LogP contribution in [-0.4, -0.2) is 17.2 Å². The van der Waals surface area contributed by atoms with Crippen LogP contribution in [0, 0.1) is 0 Å². The minimum Gasteiger partial charge on any atom is -0.467 e. The molecule has 0 spiro atoms. The lowest BCUT2D eigenvalue weighted by atomic mass is 10.0. The maximum atomic E-state index is 13.1. The summed E-state index contributed by atoms with van der Waals surface area (Å²) in [6.07, 6.45) is -4.25. The first-order valence-corrected chi connectivity index (χ1v) is 8.46. The molecule has 2 heterocycles. The molecule has 3 aromatic rings. The van der Waals surface area contributed by atoms with E-state index in [9.17, 15) is 18.0 Å². The Labute approximate surface area is 158 Å². The SMILES string of the molecule is O=C1c2ccccc2NC(c2ccccc2OC(F)(F)F)N1Cc1ccco1. The van der Waals surface area contributed by atoms with Crippen molar-refractivity contribution in [3.05, 3.63) is 83.8 Å². The van der Waals surface area contributed by atoms with Gasteiger partial charge in [-0.2, -0.15) is 0 Å². The third-order valence-electron chi connectivity index (χ3n) is 4.37. The van der Waals surface area contributed by atoms with Gasteiger partial charge in [0, 0.05) is 11.3 Å². The second-order valence-corrected chi connectivity index (χ2v) is 6.19. The van der Waals surface area contributed by atoms with Crippen molar-refractivity contribution in [3.63, 3.8) is 0 Å². The van der Waals surface area contributed by atoms with Gasteiger partial charge in [-0.25, -0.2) is 0 Å². The number of carbonyl (C=O) groups is 1. The topological polar surface area (TPSA) is 54.7 Å². The first-order chi connectivity index (χ1) is 13.4. The third kappa shape index (κ3) is 3.53. The second-order valence-electron chi connectivity index (χ2n) is 6.19. The molecule has 8 heteroatoms. The molecule has 28 heavy (non-hydrogen) atoms. The Bertz CT molecular complexity index is 986. The lowest BCUT2D eigenvalue weighted by Gasteiger charge is -2.38. The minimum atomic E-state index is -4.85. The summed E-state index contributed by atoms with van der Waals surface area (Å²) in [6.45, 7) is 0.0815. The molecule has 1 unspecified atom stereocenters. The summed E-state index contributed by atoms with van der Waals surface area (Å²) in [7, 11) is 0. The molecule has 1 aromatic heterocycles. The number of para-hydroxylation sites is 2. The Balaban J connectivity index is 1.78. The number of hydrogen-bond donors (Lipinski definition) is 1. The largest absolute Gasteiger partial charge is 0.573 e. The summed E-state index contributed by atoms with van der Waals surface area (Å²) < 4.78 is 48.1. The molecule has 1 aliphatic heterocycles. The number of ether oxygens (including phenoxy) is 1. The van der Waals surface area contributed by atoms with Crippen molar-refractivity contribution >= 4 is 11.6 Å². The van der Waals surface area contributed by atoms with Crippen molar-refractivity contribution < 1.29 is 27.1 Å². The van der Waals surface area contributed by atoms with Crippen molar-refractivity contribution in [1.29, 1.82) is 0 Å². The quantitative estimate of drug-likeness (QED) is 0.688. The van der Waals surface area contributed by atoms with Crippen LogP contribution in [0.1, 0.15) is 27.8 Å². The molecule has 0 saturated heterocycles. The van der Waals surface area contributed by atoms with E-state index >= 15 is 0 Å². The van der Waals surface area contributed by atoms with Crippen LogP contribution in [0.4, 0.5) is 18.9 Å². The zero-order chi connectivity index (χ0) is 19.7. The van der Waals surface area contributed by atoms with E-state index in [1.807, 2.05) is 0 Å². The molecule has 1 N–H and O–H groups in total. The normalized spacial score (nSPS) is 16.5. The molecule has 4 rings (SSSR count). The molecule has 5 nitrogen and oxygen atoms in total. The fourth-order valence-corrected chi connectivity index (χ4v) is 3.20. The van der Waals surface area contributed by atoms with Gasteiger partial charge in [0.15, 0.2) is 0 Å². The van der Waals surface area contributed by atoms with Gasteiger partial charge in [-0.3, -0.25) is 4.79 Å². The van der Waals surface area contributed by atoms with Gasteiger partial charge in [-0.15, -0.1) is 13.2 Å². The van der Waals surface area contributed by atoms with Crippen molar-refractivity contribution in [2.45, 2.75) is 19.1 Å².